The highest BCUT2D eigenvalue weighted by Gasteiger charge is 2.18. The summed E-state index contributed by atoms with van der Waals surface area (Å²) in [4.78, 5) is 23.1. The highest BCUT2D eigenvalue weighted by atomic mass is 16.6. The minimum absolute atomic E-state index is 0.00236. The van der Waals surface area contributed by atoms with E-state index in [1.165, 1.54) is 18.3 Å². The zero-order chi connectivity index (χ0) is 20.4. The summed E-state index contributed by atoms with van der Waals surface area (Å²) in [6.45, 7) is 2.14. The third-order valence-electron chi connectivity index (χ3n) is 4.54. The number of pyridine rings is 1. The first kappa shape index (κ1) is 18.3. The van der Waals surface area contributed by atoms with Crippen LogP contribution in [0.25, 0.3) is 11.3 Å². The number of hydrogen-bond donors (Lipinski definition) is 1. The molecule has 0 aliphatic heterocycles. The summed E-state index contributed by atoms with van der Waals surface area (Å²) in [5.74, 6) is 0.345. The van der Waals surface area contributed by atoms with Gasteiger partial charge in [-0.25, -0.2) is 4.68 Å². The number of carbonyl (C=O) groups excluding carboxylic acids is 1. The monoisotopic (exact) mass is 391 g/mol. The van der Waals surface area contributed by atoms with Crippen molar-refractivity contribution in [3.63, 3.8) is 0 Å². The van der Waals surface area contributed by atoms with Crippen LogP contribution in [0.4, 0.5) is 5.69 Å². The maximum Gasteiger partial charge on any atom is 0.269 e. The molecule has 0 fully saturated rings. The van der Waals surface area contributed by atoms with Crippen LogP contribution in [0.3, 0.4) is 0 Å². The quantitative estimate of drug-likeness (QED) is 0.398. The Morgan fingerprint density at radius 2 is 1.97 bits per heavy atom. The zero-order valence-electron chi connectivity index (χ0n) is 15.5. The molecule has 1 amide bonds. The van der Waals surface area contributed by atoms with Crippen LogP contribution in [-0.2, 0) is 13.0 Å². The first-order chi connectivity index (χ1) is 14.1. The molecule has 4 aromatic rings. The molecule has 0 aliphatic rings. The Kier molecular flexibility index (Phi) is 4.73. The SMILES string of the molecule is CCc1c(C(=O)NCc2nnc3ccccn23)cnn1-c1ccc([N+](=O)[O-])cc1. The lowest BCUT2D eigenvalue weighted by Crippen LogP contribution is -2.25. The fraction of sp³-hybridized carbons (Fsp3) is 0.158. The van der Waals surface area contributed by atoms with E-state index in [-0.39, 0.29) is 18.1 Å². The number of nitrogens with one attached hydrogen (secondary N) is 1. The second kappa shape index (κ2) is 7.50. The predicted octanol–water partition coefficient (Wildman–Crippen LogP) is 2.32. The number of nitro groups is 1. The van der Waals surface area contributed by atoms with Crippen molar-refractivity contribution >= 4 is 17.2 Å². The molecule has 0 atom stereocenters. The van der Waals surface area contributed by atoms with Gasteiger partial charge in [0.05, 0.1) is 34.6 Å². The lowest BCUT2D eigenvalue weighted by molar-refractivity contribution is -0.384. The van der Waals surface area contributed by atoms with Gasteiger partial charge < -0.3 is 5.32 Å². The van der Waals surface area contributed by atoms with Gasteiger partial charge >= 0.3 is 0 Å². The fourth-order valence-corrected chi connectivity index (χ4v) is 3.11. The van der Waals surface area contributed by atoms with Crippen molar-refractivity contribution in [2.24, 2.45) is 0 Å². The van der Waals surface area contributed by atoms with Crippen LogP contribution >= 0.6 is 0 Å². The Bertz CT molecular complexity index is 1190. The molecule has 0 radical (unpaired) electrons. The van der Waals surface area contributed by atoms with Crippen LogP contribution in [0.15, 0.2) is 54.9 Å². The summed E-state index contributed by atoms with van der Waals surface area (Å²) < 4.78 is 3.42. The molecule has 10 heteroatoms. The van der Waals surface area contributed by atoms with Crippen LogP contribution in [0, 0.1) is 10.1 Å². The van der Waals surface area contributed by atoms with Crippen LogP contribution in [0.1, 0.15) is 28.8 Å². The number of nitrogens with zero attached hydrogens (tertiary/aromatic N) is 6. The number of hydrogen-bond acceptors (Lipinski definition) is 6. The molecule has 3 heterocycles. The third-order valence-corrected chi connectivity index (χ3v) is 4.54. The molecule has 0 saturated carbocycles. The zero-order valence-corrected chi connectivity index (χ0v) is 15.5. The summed E-state index contributed by atoms with van der Waals surface area (Å²) in [6, 6.07) is 11.6. The van der Waals surface area contributed by atoms with Crippen LogP contribution in [-0.4, -0.2) is 35.2 Å². The normalized spacial score (nSPS) is 10.9. The number of nitro benzene ring substituents is 1. The van der Waals surface area contributed by atoms with Gasteiger partial charge in [0.25, 0.3) is 11.6 Å². The Morgan fingerprint density at radius 1 is 1.17 bits per heavy atom. The van der Waals surface area contributed by atoms with Gasteiger partial charge in [-0.3, -0.25) is 19.3 Å². The molecule has 1 aromatic carbocycles. The summed E-state index contributed by atoms with van der Waals surface area (Å²) in [5, 5.41) is 26.2. The molecule has 4 rings (SSSR count). The molecule has 0 bridgehead atoms. The van der Waals surface area contributed by atoms with Gasteiger partial charge in [-0.05, 0) is 30.7 Å². The molecular formula is C19H17N7O3. The van der Waals surface area contributed by atoms with E-state index in [0.29, 0.717) is 34.8 Å². The molecule has 10 nitrogen and oxygen atoms in total. The van der Waals surface area contributed by atoms with Gasteiger partial charge in [0.15, 0.2) is 11.5 Å². The van der Waals surface area contributed by atoms with E-state index in [1.807, 2.05) is 31.3 Å². The average molecular weight is 391 g/mol. The lowest BCUT2D eigenvalue weighted by atomic mass is 10.2. The minimum Gasteiger partial charge on any atom is -0.345 e. The molecular weight excluding hydrogens is 374 g/mol. The lowest BCUT2D eigenvalue weighted by Gasteiger charge is -2.08. The molecule has 0 spiro atoms. The first-order valence-electron chi connectivity index (χ1n) is 8.97. The summed E-state index contributed by atoms with van der Waals surface area (Å²) >= 11 is 0. The fourth-order valence-electron chi connectivity index (χ4n) is 3.11. The maximum atomic E-state index is 12.7. The van der Waals surface area contributed by atoms with E-state index >= 15 is 0 Å². The van der Waals surface area contributed by atoms with Crippen molar-refractivity contribution in [1.29, 1.82) is 0 Å². The van der Waals surface area contributed by atoms with E-state index < -0.39 is 4.92 Å². The molecule has 1 N–H and O–H groups in total. The number of carbonyl (C=O) groups is 1. The number of aromatic nitrogens is 5. The second-order valence-electron chi connectivity index (χ2n) is 6.27. The predicted molar refractivity (Wildman–Crippen MR) is 104 cm³/mol. The Hall–Kier alpha value is -4.08. The Morgan fingerprint density at radius 3 is 2.69 bits per heavy atom. The van der Waals surface area contributed by atoms with Crippen molar-refractivity contribution < 1.29 is 9.72 Å². The number of rotatable bonds is 6. The van der Waals surface area contributed by atoms with Gasteiger partial charge in [-0.1, -0.05) is 13.0 Å². The highest BCUT2D eigenvalue weighted by Crippen LogP contribution is 2.19. The van der Waals surface area contributed by atoms with Crippen LogP contribution in [0.2, 0.25) is 0 Å². The van der Waals surface area contributed by atoms with E-state index in [2.05, 4.69) is 20.6 Å². The second-order valence-corrected chi connectivity index (χ2v) is 6.27. The van der Waals surface area contributed by atoms with Gasteiger partial charge in [0.2, 0.25) is 0 Å². The average Bonchev–Trinajstić information content (AvgIpc) is 3.36. The van der Waals surface area contributed by atoms with Crippen LogP contribution in [0.5, 0.6) is 0 Å². The number of fused-ring (bicyclic) bond motifs is 1. The standard InChI is InChI=1S/C19H17N7O3/c1-2-16-15(11-21-25(16)13-6-8-14(9-7-13)26(28)29)19(27)20-12-18-23-22-17-5-3-4-10-24(17)18/h3-11H,2,12H2,1H3,(H,20,27). The molecule has 146 valence electrons. The highest BCUT2D eigenvalue weighted by molar-refractivity contribution is 5.95. The van der Waals surface area contributed by atoms with Gasteiger partial charge in [-0.2, -0.15) is 5.10 Å². The number of benzene rings is 1. The maximum absolute atomic E-state index is 12.7. The molecule has 0 saturated heterocycles. The van der Waals surface area contributed by atoms with Crippen molar-refractivity contribution in [2.45, 2.75) is 19.9 Å². The molecule has 0 aliphatic carbocycles. The Labute approximate surface area is 165 Å². The van der Waals surface area contributed by atoms with Gasteiger partial charge in [-0.15, -0.1) is 10.2 Å². The van der Waals surface area contributed by atoms with Crippen molar-refractivity contribution in [3.05, 3.63) is 82.1 Å². The van der Waals surface area contributed by atoms with Crippen LogP contribution < -0.4 is 5.32 Å². The van der Waals surface area contributed by atoms with E-state index in [0.717, 1.165) is 0 Å². The van der Waals surface area contributed by atoms with Gasteiger partial charge in [0.1, 0.15) is 0 Å². The summed E-state index contributed by atoms with van der Waals surface area (Å²) in [6.07, 6.45) is 3.89. The van der Waals surface area contributed by atoms with E-state index in [9.17, 15) is 14.9 Å². The first-order valence-corrected chi connectivity index (χ1v) is 8.97. The third kappa shape index (κ3) is 3.43. The molecule has 0 unspecified atom stereocenters. The van der Waals surface area contributed by atoms with Crippen molar-refractivity contribution in [3.8, 4) is 5.69 Å². The molecule has 29 heavy (non-hydrogen) atoms. The van der Waals surface area contributed by atoms with Crippen molar-refractivity contribution in [2.75, 3.05) is 0 Å². The summed E-state index contributed by atoms with van der Waals surface area (Å²) in [5.41, 5.74) is 2.51. The largest absolute Gasteiger partial charge is 0.345 e. The van der Waals surface area contributed by atoms with Crippen molar-refractivity contribution in [1.82, 2.24) is 29.7 Å². The molecule has 3 aromatic heterocycles. The smallest absolute Gasteiger partial charge is 0.269 e. The van der Waals surface area contributed by atoms with E-state index in [1.54, 1.807) is 21.2 Å². The summed E-state index contributed by atoms with van der Waals surface area (Å²) in [7, 11) is 0. The Balaban J connectivity index is 1.55. The minimum atomic E-state index is -0.458. The van der Waals surface area contributed by atoms with Gasteiger partial charge in [0, 0.05) is 18.3 Å². The van der Waals surface area contributed by atoms with E-state index in [4.69, 9.17) is 0 Å². The topological polar surface area (TPSA) is 120 Å². The number of non-ortho nitro benzene ring substituents is 1. The number of amides is 1.